The number of anilines is 2. The van der Waals surface area contributed by atoms with E-state index in [9.17, 15) is 13.2 Å². The summed E-state index contributed by atoms with van der Waals surface area (Å²) in [5, 5.41) is 2.76. The summed E-state index contributed by atoms with van der Waals surface area (Å²) in [5.74, 6) is -0.0241. The van der Waals surface area contributed by atoms with Crippen molar-refractivity contribution in [1.29, 1.82) is 0 Å². The zero-order valence-corrected chi connectivity index (χ0v) is 13.5. The Bertz CT molecular complexity index is 619. The van der Waals surface area contributed by atoms with Gasteiger partial charge in [-0.05, 0) is 31.0 Å². The molecule has 1 amide bonds. The minimum Gasteiger partial charge on any atom is -0.399 e. The second-order valence-corrected chi connectivity index (χ2v) is 7.03. The normalized spacial score (nSPS) is 17.2. The number of nitrogens with zero attached hydrogens (tertiary/aromatic N) is 1. The van der Waals surface area contributed by atoms with Gasteiger partial charge in [0.25, 0.3) is 0 Å². The van der Waals surface area contributed by atoms with Crippen LogP contribution < -0.4 is 11.1 Å². The van der Waals surface area contributed by atoms with Crippen LogP contribution in [0, 0.1) is 6.92 Å². The van der Waals surface area contributed by atoms with Gasteiger partial charge in [0.1, 0.15) is 0 Å². The number of nitrogens with one attached hydrogen (secondary N) is 1. The molecule has 118 valence electrons. The van der Waals surface area contributed by atoms with E-state index in [0.717, 1.165) is 5.56 Å². The van der Waals surface area contributed by atoms with Crippen LogP contribution in [-0.2, 0) is 14.8 Å². The van der Waals surface area contributed by atoms with Gasteiger partial charge in [0.15, 0.2) is 0 Å². The van der Waals surface area contributed by atoms with E-state index in [1.54, 1.807) is 12.1 Å². The van der Waals surface area contributed by atoms with Crippen LogP contribution in [0.2, 0.25) is 0 Å². The van der Waals surface area contributed by atoms with E-state index in [0.29, 0.717) is 24.3 Å². The zero-order chi connectivity index (χ0) is 14.8. The molecule has 1 fully saturated rings. The number of nitrogen functional groups attached to an aromatic ring is 1. The highest BCUT2D eigenvalue weighted by molar-refractivity contribution is 7.89. The van der Waals surface area contributed by atoms with Crippen molar-refractivity contribution in [2.45, 2.75) is 19.8 Å². The average molecular weight is 334 g/mol. The highest BCUT2D eigenvalue weighted by Gasteiger charge is 2.28. The lowest BCUT2D eigenvalue weighted by Crippen LogP contribution is -2.29. The van der Waals surface area contributed by atoms with E-state index in [2.05, 4.69) is 5.32 Å². The molecule has 1 aliphatic heterocycles. The summed E-state index contributed by atoms with van der Waals surface area (Å²) < 4.78 is 24.6. The van der Waals surface area contributed by atoms with Gasteiger partial charge in [0.05, 0.1) is 5.75 Å². The Morgan fingerprint density at radius 2 is 2.14 bits per heavy atom. The summed E-state index contributed by atoms with van der Waals surface area (Å²) >= 11 is 0. The Hall–Kier alpha value is -1.31. The van der Waals surface area contributed by atoms with Crippen molar-refractivity contribution in [3.05, 3.63) is 23.8 Å². The summed E-state index contributed by atoms with van der Waals surface area (Å²) in [5.41, 5.74) is 7.83. The third kappa shape index (κ3) is 4.59. The molecule has 8 heteroatoms. The first-order valence-corrected chi connectivity index (χ1v) is 8.13. The average Bonchev–Trinajstić information content (AvgIpc) is 2.70. The minimum atomic E-state index is -3.14. The lowest BCUT2D eigenvalue weighted by molar-refractivity contribution is -0.116. The maximum absolute atomic E-state index is 11.9. The molecule has 1 heterocycles. The summed E-state index contributed by atoms with van der Waals surface area (Å²) in [4.78, 5) is 11.9. The van der Waals surface area contributed by atoms with E-state index in [1.807, 2.05) is 13.0 Å². The smallest absolute Gasteiger partial charge is 0.225 e. The van der Waals surface area contributed by atoms with Crippen LogP contribution in [0.4, 0.5) is 11.4 Å². The Morgan fingerprint density at radius 3 is 2.76 bits per heavy atom. The SMILES string of the molecule is Cc1ccc(N)cc1NC(=O)CCN1CCCS1(=O)=O.Cl. The highest BCUT2D eigenvalue weighted by atomic mass is 35.5. The van der Waals surface area contributed by atoms with Gasteiger partial charge in [-0.15, -0.1) is 12.4 Å². The lowest BCUT2D eigenvalue weighted by Gasteiger charge is -2.14. The van der Waals surface area contributed by atoms with Gasteiger partial charge >= 0.3 is 0 Å². The van der Waals surface area contributed by atoms with Crippen molar-refractivity contribution in [3.8, 4) is 0 Å². The number of aryl methyl sites for hydroxylation is 1. The van der Waals surface area contributed by atoms with Gasteiger partial charge in [-0.2, -0.15) is 0 Å². The Kier molecular flexibility index (Phi) is 6.00. The van der Waals surface area contributed by atoms with Crippen molar-refractivity contribution in [3.63, 3.8) is 0 Å². The molecule has 2 rings (SSSR count). The molecule has 1 aromatic rings. The Labute approximate surface area is 131 Å². The Balaban J connectivity index is 0.00000220. The minimum absolute atomic E-state index is 0. The second-order valence-electron chi connectivity index (χ2n) is 4.94. The van der Waals surface area contributed by atoms with Gasteiger partial charge in [-0.1, -0.05) is 6.07 Å². The van der Waals surface area contributed by atoms with Crippen molar-refractivity contribution in [1.82, 2.24) is 4.31 Å². The molecule has 0 aromatic heterocycles. The summed E-state index contributed by atoms with van der Waals surface area (Å²) in [6.45, 7) is 2.61. The topological polar surface area (TPSA) is 92.5 Å². The monoisotopic (exact) mass is 333 g/mol. The zero-order valence-electron chi connectivity index (χ0n) is 11.8. The molecular weight excluding hydrogens is 314 g/mol. The summed E-state index contributed by atoms with van der Waals surface area (Å²) in [6.07, 6.45) is 0.783. The van der Waals surface area contributed by atoms with Crippen molar-refractivity contribution >= 4 is 39.7 Å². The number of halogens is 1. The fourth-order valence-electron chi connectivity index (χ4n) is 2.16. The van der Waals surface area contributed by atoms with Gasteiger partial charge in [0, 0.05) is 30.9 Å². The number of benzene rings is 1. The van der Waals surface area contributed by atoms with Gasteiger partial charge < -0.3 is 11.1 Å². The number of carbonyl (C=O) groups excluding carboxylic acids is 1. The molecule has 0 aliphatic carbocycles. The van der Waals surface area contributed by atoms with Crippen LogP contribution in [0.3, 0.4) is 0 Å². The number of hydrogen-bond acceptors (Lipinski definition) is 4. The number of carbonyl (C=O) groups is 1. The van der Waals surface area contributed by atoms with Crippen molar-refractivity contribution in [2.75, 3.05) is 29.9 Å². The predicted molar refractivity (Wildman–Crippen MR) is 86.1 cm³/mol. The molecular formula is C13H20ClN3O3S. The first-order valence-electron chi connectivity index (χ1n) is 6.52. The van der Waals surface area contributed by atoms with E-state index in [4.69, 9.17) is 5.73 Å². The fraction of sp³-hybridized carbons (Fsp3) is 0.462. The molecule has 6 nitrogen and oxygen atoms in total. The van der Waals surface area contributed by atoms with Crippen LogP contribution in [0.1, 0.15) is 18.4 Å². The quantitative estimate of drug-likeness (QED) is 0.814. The maximum Gasteiger partial charge on any atom is 0.225 e. The van der Waals surface area contributed by atoms with Crippen LogP contribution in [0.5, 0.6) is 0 Å². The fourth-order valence-corrected chi connectivity index (χ4v) is 3.68. The third-order valence-corrected chi connectivity index (χ3v) is 5.28. The van der Waals surface area contributed by atoms with E-state index in [-0.39, 0.29) is 37.0 Å². The molecule has 0 radical (unpaired) electrons. The van der Waals surface area contributed by atoms with E-state index < -0.39 is 10.0 Å². The molecule has 21 heavy (non-hydrogen) atoms. The molecule has 0 spiro atoms. The number of nitrogens with two attached hydrogens (primary N) is 1. The number of sulfonamides is 1. The number of amides is 1. The van der Waals surface area contributed by atoms with Crippen molar-refractivity contribution in [2.24, 2.45) is 0 Å². The van der Waals surface area contributed by atoms with E-state index >= 15 is 0 Å². The highest BCUT2D eigenvalue weighted by Crippen LogP contribution is 2.19. The first-order chi connectivity index (χ1) is 9.38. The van der Waals surface area contributed by atoms with Crippen LogP contribution in [0.25, 0.3) is 0 Å². The largest absolute Gasteiger partial charge is 0.399 e. The van der Waals surface area contributed by atoms with E-state index in [1.165, 1.54) is 4.31 Å². The third-order valence-electron chi connectivity index (χ3n) is 3.33. The van der Waals surface area contributed by atoms with Crippen molar-refractivity contribution < 1.29 is 13.2 Å². The molecule has 1 aliphatic rings. The first kappa shape index (κ1) is 17.7. The summed E-state index contributed by atoms with van der Waals surface area (Å²) in [6, 6.07) is 5.29. The molecule has 3 N–H and O–H groups in total. The van der Waals surface area contributed by atoms with Gasteiger partial charge in [0.2, 0.25) is 15.9 Å². The molecule has 1 saturated heterocycles. The molecule has 1 aromatic carbocycles. The number of rotatable bonds is 4. The van der Waals surface area contributed by atoms with Gasteiger partial charge in [-0.3, -0.25) is 4.79 Å². The number of hydrogen-bond donors (Lipinski definition) is 2. The molecule has 0 unspecified atom stereocenters. The lowest BCUT2D eigenvalue weighted by atomic mass is 10.2. The Morgan fingerprint density at radius 1 is 1.43 bits per heavy atom. The van der Waals surface area contributed by atoms with Crippen LogP contribution >= 0.6 is 12.4 Å². The van der Waals surface area contributed by atoms with Crippen LogP contribution in [0.15, 0.2) is 18.2 Å². The molecule has 0 atom stereocenters. The molecule has 0 bridgehead atoms. The van der Waals surface area contributed by atoms with Crippen LogP contribution in [-0.4, -0.2) is 37.5 Å². The van der Waals surface area contributed by atoms with Gasteiger partial charge in [-0.25, -0.2) is 12.7 Å². The predicted octanol–water partition coefficient (Wildman–Crippen LogP) is 1.36. The summed E-state index contributed by atoms with van der Waals surface area (Å²) in [7, 11) is -3.14. The standard InChI is InChI=1S/C13H19N3O3S.ClH/c1-10-3-4-11(14)9-12(10)15-13(17)5-7-16-6-2-8-20(16,18)19;/h3-4,9H,2,5-8,14H2,1H3,(H,15,17);1H. The molecule has 0 saturated carbocycles. The maximum atomic E-state index is 11.9. The second kappa shape index (κ2) is 7.11.